The van der Waals surface area contributed by atoms with Crippen LogP contribution in [0, 0.1) is 6.92 Å². The van der Waals surface area contributed by atoms with Crippen LogP contribution in [0.15, 0.2) is 23.3 Å². The summed E-state index contributed by atoms with van der Waals surface area (Å²) in [5, 5.41) is 21.3. The number of aryl methyl sites for hydroxylation is 1. The molecule has 9 heteroatoms. The van der Waals surface area contributed by atoms with Crippen LogP contribution < -0.4 is 16.0 Å². The molecule has 0 amide bonds. The highest BCUT2D eigenvalue weighted by atomic mass is 35.5. The minimum atomic E-state index is 0. The van der Waals surface area contributed by atoms with E-state index in [0.29, 0.717) is 23.1 Å². The van der Waals surface area contributed by atoms with Crippen molar-refractivity contribution >= 4 is 24.6 Å². The van der Waals surface area contributed by atoms with Gasteiger partial charge in [-0.2, -0.15) is 5.10 Å². The van der Waals surface area contributed by atoms with E-state index in [1.54, 1.807) is 25.1 Å². The average Bonchev–Trinajstić information content (AvgIpc) is 2.72. The zero-order valence-electron chi connectivity index (χ0n) is 10.9. The normalized spacial score (nSPS) is 10.3. The van der Waals surface area contributed by atoms with E-state index in [9.17, 15) is 5.11 Å². The first-order valence-corrected chi connectivity index (χ1v) is 5.45. The molecule has 2 rings (SSSR count). The van der Waals surface area contributed by atoms with Crippen molar-refractivity contribution in [3.8, 4) is 11.5 Å². The molecule has 8 nitrogen and oxygen atoms in total. The Morgan fingerprint density at radius 2 is 2.20 bits per heavy atom. The fraction of sp³-hybridized carbons (Fsp3) is 0.182. The van der Waals surface area contributed by atoms with Gasteiger partial charge in [0.05, 0.1) is 13.3 Å². The van der Waals surface area contributed by atoms with Gasteiger partial charge < -0.3 is 15.7 Å². The van der Waals surface area contributed by atoms with Crippen molar-refractivity contribution in [2.45, 2.75) is 6.92 Å². The van der Waals surface area contributed by atoms with Crippen LogP contribution in [0.3, 0.4) is 0 Å². The second kappa shape index (κ2) is 6.62. The molecule has 0 saturated carbocycles. The number of rotatable bonds is 4. The maximum Gasteiger partial charge on any atom is 0.263 e. The van der Waals surface area contributed by atoms with Gasteiger partial charge in [0.2, 0.25) is 0 Å². The van der Waals surface area contributed by atoms with Crippen LogP contribution in [-0.2, 0) is 0 Å². The molecule has 2 aromatic rings. The lowest BCUT2D eigenvalue weighted by Gasteiger charge is -2.05. The number of phenolic OH excluding ortho intramolecular Hbond substituents is 1. The molecule has 0 bridgehead atoms. The summed E-state index contributed by atoms with van der Waals surface area (Å²) in [5.41, 5.74) is 3.13. The number of ether oxygens (including phenoxy) is 1. The molecule has 0 spiro atoms. The van der Waals surface area contributed by atoms with Gasteiger partial charge in [-0.05, 0) is 19.1 Å². The van der Waals surface area contributed by atoms with Gasteiger partial charge in [0.15, 0.2) is 17.3 Å². The fourth-order valence-corrected chi connectivity index (χ4v) is 1.41. The molecule has 0 atom stereocenters. The first kappa shape index (κ1) is 15.6. The molecule has 1 aromatic heterocycles. The maximum atomic E-state index is 9.84. The standard InChI is InChI=1S/C11H14N6O2.ClH/c1-7-14-16-11(17(7)12)15-13-6-8-4-3-5-9(19-2)10(8)18;/h3-6,18H,12H2,1-2H3,(H,15,16);1H. The molecular weight excluding hydrogens is 284 g/mol. The lowest BCUT2D eigenvalue weighted by molar-refractivity contribution is 0.373. The zero-order valence-corrected chi connectivity index (χ0v) is 11.8. The molecule has 0 saturated heterocycles. The third-order valence-corrected chi connectivity index (χ3v) is 2.48. The van der Waals surface area contributed by atoms with Crippen LogP contribution in [0.1, 0.15) is 11.4 Å². The number of aromatic nitrogens is 3. The molecule has 4 N–H and O–H groups in total. The minimum Gasteiger partial charge on any atom is -0.504 e. The van der Waals surface area contributed by atoms with E-state index in [0.717, 1.165) is 0 Å². The number of benzene rings is 1. The third kappa shape index (κ3) is 3.09. The number of phenols is 1. The average molecular weight is 299 g/mol. The van der Waals surface area contributed by atoms with Crippen LogP contribution in [0.4, 0.5) is 5.95 Å². The van der Waals surface area contributed by atoms with E-state index >= 15 is 0 Å². The van der Waals surface area contributed by atoms with Gasteiger partial charge in [-0.3, -0.25) is 0 Å². The summed E-state index contributed by atoms with van der Waals surface area (Å²) < 4.78 is 6.26. The Hall–Kier alpha value is -2.48. The molecule has 1 aromatic carbocycles. The molecule has 0 aliphatic rings. The van der Waals surface area contributed by atoms with Crippen LogP contribution in [-0.4, -0.2) is 33.3 Å². The number of aromatic hydroxyl groups is 1. The van der Waals surface area contributed by atoms with Crippen LogP contribution >= 0.6 is 12.4 Å². The SMILES string of the molecule is COc1cccc(C=NNc2nnc(C)n2N)c1O.Cl. The van der Waals surface area contributed by atoms with E-state index in [4.69, 9.17) is 10.6 Å². The topological polar surface area (TPSA) is 111 Å². The Labute approximate surface area is 121 Å². The first-order chi connectivity index (χ1) is 9.13. The van der Waals surface area contributed by atoms with Gasteiger partial charge in [-0.1, -0.05) is 6.07 Å². The molecule has 108 valence electrons. The highest BCUT2D eigenvalue weighted by molar-refractivity contribution is 5.85. The number of nitrogens with one attached hydrogen (secondary N) is 1. The Bertz CT molecular complexity index is 613. The van der Waals surface area contributed by atoms with Crippen LogP contribution in [0.25, 0.3) is 0 Å². The first-order valence-electron chi connectivity index (χ1n) is 5.45. The summed E-state index contributed by atoms with van der Waals surface area (Å²) in [6, 6.07) is 5.09. The van der Waals surface area contributed by atoms with Crippen LogP contribution in [0.5, 0.6) is 11.5 Å². The smallest absolute Gasteiger partial charge is 0.263 e. The van der Waals surface area contributed by atoms with E-state index in [1.807, 2.05) is 0 Å². The van der Waals surface area contributed by atoms with Crippen molar-refractivity contribution in [3.05, 3.63) is 29.6 Å². The second-order valence-corrected chi connectivity index (χ2v) is 3.71. The molecular formula is C11H15ClN6O2. The molecule has 20 heavy (non-hydrogen) atoms. The van der Waals surface area contributed by atoms with Crippen molar-refractivity contribution in [2.75, 3.05) is 18.4 Å². The summed E-state index contributed by atoms with van der Waals surface area (Å²) in [5.74, 6) is 6.89. The van der Waals surface area contributed by atoms with Crippen molar-refractivity contribution in [2.24, 2.45) is 5.10 Å². The van der Waals surface area contributed by atoms with Gasteiger partial charge in [-0.15, -0.1) is 22.6 Å². The molecule has 1 heterocycles. The van der Waals surface area contributed by atoms with Gasteiger partial charge in [-0.25, -0.2) is 10.1 Å². The minimum absolute atomic E-state index is 0. The summed E-state index contributed by atoms with van der Waals surface area (Å²) in [4.78, 5) is 0. The lowest BCUT2D eigenvalue weighted by atomic mass is 10.2. The molecule has 0 radical (unpaired) electrons. The number of anilines is 1. The lowest BCUT2D eigenvalue weighted by Crippen LogP contribution is -2.13. The predicted molar refractivity (Wildman–Crippen MR) is 78.0 cm³/mol. The van der Waals surface area contributed by atoms with Crippen LogP contribution in [0.2, 0.25) is 0 Å². The number of nitrogen functional groups attached to an aromatic ring is 1. The molecule has 0 aliphatic carbocycles. The fourth-order valence-electron chi connectivity index (χ4n) is 1.41. The number of hydrogen-bond acceptors (Lipinski definition) is 7. The van der Waals surface area contributed by atoms with Crippen molar-refractivity contribution in [1.29, 1.82) is 0 Å². The number of nitrogens with two attached hydrogens (primary N) is 1. The number of hydrogen-bond donors (Lipinski definition) is 3. The summed E-state index contributed by atoms with van der Waals surface area (Å²) >= 11 is 0. The predicted octanol–water partition coefficient (Wildman–Crippen LogP) is 0.882. The highest BCUT2D eigenvalue weighted by Crippen LogP contribution is 2.27. The Morgan fingerprint density at radius 3 is 2.80 bits per heavy atom. The van der Waals surface area contributed by atoms with Gasteiger partial charge in [0, 0.05) is 5.56 Å². The zero-order chi connectivity index (χ0) is 13.8. The summed E-state index contributed by atoms with van der Waals surface area (Å²) in [6.07, 6.45) is 1.43. The van der Waals surface area contributed by atoms with Crippen molar-refractivity contribution < 1.29 is 9.84 Å². The van der Waals surface area contributed by atoms with E-state index in [-0.39, 0.29) is 18.2 Å². The Balaban J connectivity index is 0.00000200. The van der Waals surface area contributed by atoms with Gasteiger partial charge in [0.25, 0.3) is 5.95 Å². The van der Waals surface area contributed by atoms with E-state index in [2.05, 4.69) is 20.7 Å². The number of nitrogens with zero attached hydrogens (tertiary/aromatic N) is 4. The Morgan fingerprint density at radius 1 is 1.45 bits per heavy atom. The maximum absolute atomic E-state index is 9.84. The molecule has 0 fully saturated rings. The second-order valence-electron chi connectivity index (χ2n) is 3.71. The Kier molecular flexibility index (Phi) is 5.15. The number of halogens is 1. The molecule has 0 aliphatic heterocycles. The van der Waals surface area contributed by atoms with Crippen molar-refractivity contribution in [3.63, 3.8) is 0 Å². The quantitative estimate of drug-likeness (QED) is 0.439. The van der Waals surface area contributed by atoms with Crippen molar-refractivity contribution in [1.82, 2.24) is 14.9 Å². The number of methoxy groups -OCH3 is 1. The number of para-hydroxylation sites is 1. The van der Waals surface area contributed by atoms with E-state index in [1.165, 1.54) is 18.0 Å². The molecule has 0 unspecified atom stereocenters. The monoisotopic (exact) mass is 298 g/mol. The van der Waals surface area contributed by atoms with E-state index < -0.39 is 0 Å². The van der Waals surface area contributed by atoms with Gasteiger partial charge >= 0.3 is 0 Å². The summed E-state index contributed by atoms with van der Waals surface area (Å²) in [6.45, 7) is 1.72. The number of hydrazone groups is 1. The van der Waals surface area contributed by atoms with Gasteiger partial charge in [0.1, 0.15) is 0 Å². The highest BCUT2D eigenvalue weighted by Gasteiger charge is 2.06. The third-order valence-electron chi connectivity index (χ3n) is 2.48. The summed E-state index contributed by atoms with van der Waals surface area (Å²) in [7, 11) is 1.48. The largest absolute Gasteiger partial charge is 0.504 e.